The van der Waals surface area contributed by atoms with Gasteiger partial charge in [0.05, 0.1) is 22.3 Å². The molecule has 1 aromatic heterocycles. The molecule has 15 heteroatoms. The monoisotopic (exact) mass is 529 g/mol. The molecule has 13 nitrogen and oxygen atoms in total. The van der Waals surface area contributed by atoms with Crippen molar-refractivity contribution < 1.29 is 19.4 Å². The summed E-state index contributed by atoms with van der Waals surface area (Å²) in [5, 5.41) is 29.2. The number of amides is 2. The van der Waals surface area contributed by atoms with Crippen molar-refractivity contribution >= 4 is 58.8 Å². The van der Waals surface area contributed by atoms with Crippen LogP contribution in [-0.2, 0) is 0 Å². The smallest absolute Gasteiger partial charge is 0.266 e. The summed E-state index contributed by atoms with van der Waals surface area (Å²) in [6.07, 6.45) is 2.35. The second-order valence-corrected chi connectivity index (χ2v) is 7.56. The number of hydrazone groups is 2. The molecule has 0 fully saturated rings. The van der Waals surface area contributed by atoms with Crippen LogP contribution in [0.15, 0.2) is 64.8 Å². The third-order valence-corrected chi connectivity index (χ3v) is 4.95. The molecule has 0 aliphatic heterocycles. The Morgan fingerprint density at radius 2 is 1.19 bits per heavy atom. The lowest BCUT2D eigenvalue weighted by Crippen LogP contribution is -2.23. The molecule has 3 aromatic rings. The normalized spacial score (nSPS) is 10.9. The molecule has 0 aliphatic rings. The van der Waals surface area contributed by atoms with E-state index in [-0.39, 0.29) is 32.8 Å². The molecule has 0 saturated heterocycles. The number of nitro groups is 2. The van der Waals surface area contributed by atoms with Crippen LogP contribution in [0.1, 0.15) is 32.1 Å². The largest absolute Gasteiger partial charge is 0.289 e. The predicted octanol–water partition coefficient (Wildman–Crippen LogP) is 3.73. The number of nitrogens with one attached hydrogen (secondary N) is 2. The van der Waals surface area contributed by atoms with Gasteiger partial charge < -0.3 is 0 Å². The molecule has 0 aliphatic carbocycles. The number of carbonyl (C=O) groups is 2. The highest BCUT2D eigenvalue weighted by Gasteiger charge is 2.14. The van der Waals surface area contributed by atoms with Gasteiger partial charge in [-0.15, -0.1) is 0 Å². The van der Waals surface area contributed by atoms with Crippen LogP contribution in [0, 0.1) is 20.2 Å². The van der Waals surface area contributed by atoms with Gasteiger partial charge in [0.15, 0.2) is 0 Å². The molecule has 2 amide bonds. The van der Waals surface area contributed by atoms with Crippen LogP contribution in [0.25, 0.3) is 0 Å². The number of hydrogen-bond acceptors (Lipinski definition) is 9. The molecule has 0 unspecified atom stereocenters. The number of nitro benzene ring substituents is 2. The van der Waals surface area contributed by atoms with Crippen molar-refractivity contribution in [3.05, 3.63) is 107 Å². The minimum absolute atomic E-state index is 0.0423. The third kappa shape index (κ3) is 6.65. The van der Waals surface area contributed by atoms with Crippen LogP contribution < -0.4 is 10.9 Å². The maximum absolute atomic E-state index is 12.3. The summed E-state index contributed by atoms with van der Waals surface area (Å²) in [5.74, 6) is -1.50. The van der Waals surface area contributed by atoms with Crippen LogP contribution in [0.5, 0.6) is 0 Å². The lowest BCUT2D eigenvalue weighted by Gasteiger charge is -2.03. The highest BCUT2D eigenvalue weighted by atomic mass is 35.5. The molecule has 0 atom stereocenters. The number of halogens is 2. The molecule has 1 heterocycles. The fourth-order valence-electron chi connectivity index (χ4n) is 2.63. The summed E-state index contributed by atoms with van der Waals surface area (Å²) < 4.78 is 0. The van der Waals surface area contributed by atoms with E-state index in [1.165, 1.54) is 67.0 Å². The summed E-state index contributed by atoms with van der Waals surface area (Å²) in [4.78, 5) is 49.1. The second kappa shape index (κ2) is 11.6. The standard InChI is InChI=1S/C21H13Cl2N7O6/c22-14-6-4-12(8-18(14)29(33)34)10-24-27-20(31)16-2-1-3-17(26-16)21(32)28-25-11-13-5-7-15(23)19(9-13)30(35)36/h1-11H,(H,27,31)(H,28,32)/b24-10-,25-11-. The van der Waals surface area contributed by atoms with E-state index in [9.17, 15) is 29.8 Å². The van der Waals surface area contributed by atoms with Gasteiger partial charge in [-0.1, -0.05) is 41.4 Å². The molecule has 2 aromatic carbocycles. The maximum atomic E-state index is 12.3. The van der Waals surface area contributed by atoms with Gasteiger partial charge in [-0.05, 0) is 24.3 Å². The number of aromatic nitrogens is 1. The van der Waals surface area contributed by atoms with Crippen LogP contribution >= 0.6 is 23.2 Å². The molecular formula is C21H13Cl2N7O6. The van der Waals surface area contributed by atoms with Crippen LogP contribution in [-0.4, -0.2) is 39.1 Å². The molecule has 3 rings (SSSR count). The van der Waals surface area contributed by atoms with Crippen molar-refractivity contribution in [3.8, 4) is 0 Å². The molecule has 0 saturated carbocycles. The lowest BCUT2D eigenvalue weighted by molar-refractivity contribution is -0.384. The topological polar surface area (TPSA) is 182 Å². The molecule has 0 bridgehead atoms. The van der Waals surface area contributed by atoms with Crippen molar-refractivity contribution in [2.24, 2.45) is 10.2 Å². The summed E-state index contributed by atoms with van der Waals surface area (Å²) >= 11 is 11.5. The number of pyridine rings is 1. The van der Waals surface area contributed by atoms with E-state index in [0.29, 0.717) is 11.1 Å². The molecule has 182 valence electrons. The van der Waals surface area contributed by atoms with Crippen molar-refractivity contribution in [3.63, 3.8) is 0 Å². The summed E-state index contributed by atoms with van der Waals surface area (Å²) in [6.45, 7) is 0. The van der Waals surface area contributed by atoms with E-state index in [1.807, 2.05) is 0 Å². The Bertz CT molecular complexity index is 1320. The fraction of sp³-hybridized carbons (Fsp3) is 0. The highest BCUT2D eigenvalue weighted by molar-refractivity contribution is 6.33. The van der Waals surface area contributed by atoms with E-state index in [4.69, 9.17) is 23.2 Å². The Labute approximate surface area is 211 Å². The lowest BCUT2D eigenvalue weighted by atomic mass is 10.2. The van der Waals surface area contributed by atoms with Crippen molar-refractivity contribution in [1.29, 1.82) is 0 Å². The zero-order valence-corrected chi connectivity index (χ0v) is 19.3. The van der Waals surface area contributed by atoms with Gasteiger partial charge in [-0.25, -0.2) is 15.8 Å². The first-order valence-electron chi connectivity index (χ1n) is 9.67. The van der Waals surface area contributed by atoms with Gasteiger partial charge in [0.1, 0.15) is 21.4 Å². The van der Waals surface area contributed by atoms with Gasteiger partial charge in [-0.2, -0.15) is 10.2 Å². The molecule has 36 heavy (non-hydrogen) atoms. The first-order valence-corrected chi connectivity index (χ1v) is 10.4. The van der Waals surface area contributed by atoms with Gasteiger partial charge >= 0.3 is 0 Å². The Kier molecular flexibility index (Phi) is 8.33. The number of rotatable bonds is 8. The van der Waals surface area contributed by atoms with E-state index in [0.717, 1.165) is 0 Å². The summed E-state index contributed by atoms with van der Waals surface area (Å²) in [7, 11) is 0. The van der Waals surface area contributed by atoms with Gasteiger partial charge in [0, 0.05) is 23.3 Å². The molecule has 0 radical (unpaired) electrons. The van der Waals surface area contributed by atoms with E-state index >= 15 is 0 Å². The first kappa shape index (κ1) is 25.9. The average molecular weight is 530 g/mol. The second-order valence-electron chi connectivity index (χ2n) is 6.74. The number of carbonyl (C=O) groups excluding carboxylic acids is 2. The number of nitrogens with zero attached hydrogens (tertiary/aromatic N) is 5. The Morgan fingerprint density at radius 3 is 1.58 bits per heavy atom. The fourth-order valence-corrected chi connectivity index (χ4v) is 3.01. The van der Waals surface area contributed by atoms with Gasteiger partial charge in [0.2, 0.25) is 0 Å². The summed E-state index contributed by atoms with van der Waals surface area (Å²) in [6, 6.07) is 12.0. The zero-order valence-electron chi connectivity index (χ0n) is 17.8. The van der Waals surface area contributed by atoms with Crippen LogP contribution in [0.2, 0.25) is 10.0 Å². The zero-order chi connectivity index (χ0) is 26.2. The molecule has 2 N–H and O–H groups in total. The van der Waals surface area contributed by atoms with Gasteiger partial charge in [-0.3, -0.25) is 29.8 Å². The Morgan fingerprint density at radius 1 is 0.778 bits per heavy atom. The van der Waals surface area contributed by atoms with Crippen molar-refractivity contribution in [1.82, 2.24) is 15.8 Å². The van der Waals surface area contributed by atoms with E-state index in [1.54, 1.807) is 0 Å². The molecule has 0 spiro atoms. The van der Waals surface area contributed by atoms with Crippen LogP contribution in [0.3, 0.4) is 0 Å². The maximum Gasteiger partial charge on any atom is 0.289 e. The molecular weight excluding hydrogens is 517 g/mol. The quantitative estimate of drug-likeness (QED) is 0.253. The average Bonchev–Trinajstić information content (AvgIpc) is 2.85. The van der Waals surface area contributed by atoms with Gasteiger partial charge in [0.25, 0.3) is 23.2 Å². The van der Waals surface area contributed by atoms with Crippen molar-refractivity contribution in [2.75, 3.05) is 0 Å². The number of benzene rings is 2. The van der Waals surface area contributed by atoms with Crippen LogP contribution in [0.4, 0.5) is 11.4 Å². The Balaban J connectivity index is 1.63. The minimum atomic E-state index is -0.749. The highest BCUT2D eigenvalue weighted by Crippen LogP contribution is 2.25. The number of hydrogen-bond donors (Lipinski definition) is 2. The van der Waals surface area contributed by atoms with E-state index in [2.05, 4.69) is 26.0 Å². The minimum Gasteiger partial charge on any atom is -0.266 e. The SMILES string of the molecule is O=C(N/N=C\c1ccc(Cl)c([N+](=O)[O-])c1)c1cccc(C(=O)N/N=C\c2ccc(Cl)c([N+](=O)[O-])c2)n1. The summed E-state index contributed by atoms with van der Waals surface area (Å²) in [5.41, 5.74) is 4.12. The third-order valence-electron chi connectivity index (χ3n) is 4.31. The predicted molar refractivity (Wildman–Crippen MR) is 131 cm³/mol. The van der Waals surface area contributed by atoms with E-state index < -0.39 is 21.7 Å². The Hall–Kier alpha value is -4.75. The first-order chi connectivity index (χ1) is 17.2. The van der Waals surface area contributed by atoms with Crippen molar-refractivity contribution in [2.45, 2.75) is 0 Å².